The second-order valence-corrected chi connectivity index (χ2v) is 2.52. The lowest BCUT2D eigenvalue weighted by Gasteiger charge is -2.08. The second-order valence-electron chi connectivity index (χ2n) is 2.52. The second kappa shape index (κ2) is 5.86. The van der Waals surface area contributed by atoms with E-state index >= 15 is 0 Å². The van der Waals surface area contributed by atoms with Gasteiger partial charge in [0.25, 0.3) is 0 Å². The van der Waals surface area contributed by atoms with E-state index in [4.69, 9.17) is 0 Å². The van der Waals surface area contributed by atoms with E-state index in [1.54, 1.807) is 12.3 Å². The van der Waals surface area contributed by atoms with Gasteiger partial charge in [0.05, 0.1) is 5.70 Å². The van der Waals surface area contributed by atoms with E-state index in [0.717, 1.165) is 12.2 Å². The van der Waals surface area contributed by atoms with Crippen molar-refractivity contribution in [3.8, 4) is 0 Å². The number of nitrogens with zero attached hydrogens (tertiary/aromatic N) is 2. The fourth-order valence-corrected chi connectivity index (χ4v) is 0.762. The predicted molar refractivity (Wildman–Crippen MR) is 51.0 cm³/mol. The van der Waals surface area contributed by atoms with E-state index in [1.807, 2.05) is 27.1 Å². The van der Waals surface area contributed by atoms with Crippen LogP contribution in [0.3, 0.4) is 0 Å². The zero-order valence-electron chi connectivity index (χ0n) is 7.54. The van der Waals surface area contributed by atoms with Gasteiger partial charge in [0.1, 0.15) is 0 Å². The van der Waals surface area contributed by atoms with Gasteiger partial charge in [0, 0.05) is 12.8 Å². The predicted octanol–water partition coefficient (Wildman–Crippen LogP) is 1.71. The van der Waals surface area contributed by atoms with Gasteiger partial charge in [-0.3, -0.25) is 4.99 Å². The Morgan fingerprint density at radius 1 is 1.55 bits per heavy atom. The molecule has 0 fully saturated rings. The maximum Gasteiger partial charge on any atom is 0.0539 e. The molecule has 0 aliphatic rings. The van der Waals surface area contributed by atoms with E-state index in [1.165, 1.54) is 0 Å². The monoisotopic (exact) mass is 152 g/mol. The molecule has 0 saturated heterocycles. The molecule has 0 bridgehead atoms. The van der Waals surface area contributed by atoms with Gasteiger partial charge >= 0.3 is 0 Å². The molecule has 62 valence electrons. The summed E-state index contributed by atoms with van der Waals surface area (Å²) in [5.41, 5.74) is 1.03. The number of likely N-dealkylation sites (N-methyl/N-ethyl adjacent to an activating group) is 1. The summed E-state index contributed by atoms with van der Waals surface area (Å²) in [6, 6.07) is 0. The van der Waals surface area contributed by atoms with Crippen molar-refractivity contribution in [2.24, 2.45) is 4.99 Å². The van der Waals surface area contributed by atoms with Crippen molar-refractivity contribution in [1.29, 1.82) is 0 Å². The number of rotatable bonds is 4. The zero-order chi connectivity index (χ0) is 8.69. The number of hydrogen-bond donors (Lipinski definition) is 0. The highest BCUT2D eigenvalue weighted by Gasteiger charge is 1.93. The Kier molecular flexibility index (Phi) is 5.39. The molecule has 11 heavy (non-hydrogen) atoms. The number of allylic oxidation sites excluding steroid dienone is 2. The fraction of sp³-hybridized carbons (Fsp3) is 0.444. The third-order valence-electron chi connectivity index (χ3n) is 1.08. The molecular formula is C9H16N2. The van der Waals surface area contributed by atoms with Crippen LogP contribution in [0.2, 0.25) is 0 Å². The Morgan fingerprint density at radius 3 is 2.55 bits per heavy atom. The van der Waals surface area contributed by atoms with Crippen LogP contribution in [0.5, 0.6) is 0 Å². The molecule has 0 aromatic rings. The smallest absolute Gasteiger partial charge is 0.0539 e. The quantitative estimate of drug-likeness (QED) is 0.442. The van der Waals surface area contributed by atoms with Gasteiger partial charge in [-0.2, -0.15) is 0 Å². The lowest BCUT2D eigenvalue weighted by Crippen LogP contribution is -2.14. The van der Waals surface area contributed by atoms with Crippen LogP contribution in [0.1, 0.15) is 6.92 Å². The van der Waals surface area contributed by atoms with Crippen molar-refractivity contribution in [1.82, 2.24) is 4.90 Å². The van der Waals surface area contributed by atoms with E-state index in [-0.39, 0.29) is 0 Å². The van der Waals surface area contributed by atoms with Gasteiger partial charge in [-0.1, -0.05) is 12.7 Å². The van der Waals surface area contributed by atoms with E-state index in [9.17, 15) is 0 Å². The van der Waals surface area contributed by atoms with Crippen molar-refractivity contribution in [2.45, 2.75) is 6.92 Å². The molecule has 0 unspecified atom stereocenters. The SMILES string of the molecule is C=C/C=C(CN(C)C)\N=C/C. The first kappa shape index (κ1) is 10.1. The molecule has 0 atom stereocenters. The first-order valence-electron chi connectivity index (χ1n) is 3.65. The lowest BCUT2D eigenvalue weighted by atomic mass is 10.4. The highest BCUT2D eigenvalue weighted by Crippen LogP contribution is 1.97. The average Bonchev–Trinajstić information content (AvgIpc) is 1.87. The summed E-state index contributed by atoms with van der Waals surface area (Å²) in [4.78, 5) is 6.25. The van der Waals surface area contributed by atoms with Gasteiger partial charge in [0.15, 0.2) is 0 Å². The lowest BCUT2D eigenvalue weighted by molar-refractivity contribution is 0.444. The Bertz CT molecular complexity index is 166. The standard InChI is InChI=1S/C9H16N2/c1-5-7-9(10-6-2)8-11(3)4/h5-7H,1,8H2,2-4H3/b9-7-,10-6-. The van der Waals surface area contributed by atoms with E-state index in [0.29, 0.717) is 0 Å². The topological polar surface area (TPSA) is 15.6 Å². The summed E-state index contributed by atoms with van der Waals surface area (Å²) >= 11 is 0. The largest absolute Gasteiger partial charge is 0.304 e. The van der Waals surface area contributed by atoms with E-state index < -0.39 is 0 Å². The van der Waals surface area contributed by atoms with Gasteiger partial charge in [-0.25, -0.2) is 0 Å². The van der Waals surface area contributed by atoms with Crippen LogP contribution in [-0.2, 0) is 0 Å². The van der Waals surface area contributed by atoms with Crippen molar-refractivity contribution >= 4 is 6.21 Å². The molecular weight excluding hydrogens is 136 g/mol. The average molecular weight is 152 g/mol. The Labute approximate surface area is 68.9 Å². The number of hydrogen-bond acceptors (Lipinski definition) is 2. The van der Waals surface area contributed by atoms with Crippen molar-refractivity contribution < 1.29 is 0 Å². The summed E-state index contributed by atoms with van der Waals surface area (Å²) in [6.45, 7) is 6.39. The molecule has 0 saturated carbocycles. The molecule has 0 N–H and O–H groups in total. The van der Waals surface area contributed by atoms with Gasteiger partial charge in [-0.15, -0.1) is 0 Å². The maximum absolute atomic E-state index is 4.18. The fourth-order valence-electron chi connectivity index (χ4n) is 0.762. The molecule has 2 heteroatoms. The van der Waals surface area contributed by atoms with Crippen LogP contribution in [0, 0.1) is 0 Å². The molecule has 0 aliphatic carbocycles. The van der Waals surface area contributed by atoms with Crippen LogP contribution in [0.25, 0.3) is 0 Å². The minimum absolute atomic E-state index is 0.857. The third kappa shape index (κ3) is 5.55. The molecule has 0 spiro atoms. The van der Waals surface area contributed by atoms with Crippen molar-refractivity contribution in [2.75, 3.05) is 20.6 Å². The molecule has 0 heterocycles. The number of aliphatic imine (C=N–C) groups is 1. The van der Waals surface area contributed by atoms with Crippen LogP contribution in [0.15, 0.2) is 29.4 Å². The summed E-state index contributed by atoms with van der Waals surface area (Å²) in [5.74, 6) is 0. The molecule has 0 aromatic heterocycles. The molecule has 0 rings (SSSR count). The first-order chi connectivity index (χ1) is 5.20. The summed E-state index contributed by atoms with van der Waals surface area (Å²) in [6.07, 6.45) is 5.46. The van der Waals surface area contributed by atoms with Crippen LogP contribution >= 0.6 is 0 Å². The molecule has 0 aliphatic heterocycles. The molecule has 0 aromatic carbocycles. The van der Waals surface area contributed by atoms with Gasteiger partial charge in [0.2, 0.25) is 0 Å². The first-order valence-corrected chi connectivity index (χ1v) is 3.65. The van der Waals surface area contributed by atoms with Gasteiger partial charge < -0.3 is 4.90 Å². The highest BCUT2D eigenvalue weighted by atomic mass is 15.1. The summed E-state index contributed by atoms with van der Waals surface area (Å²) in [7, 11) is 4.03. The summed E-state index contributed by atoms with van der Waals surface area (Å²) < 4.78 is 0. The highest BCUT2D eigenvalue weighted by molar-refractivity contribution is 5.55. The minimum Gasteiger partial charge on any atom is -0.304 e. The maximum atomic E-state index is 4.18. The minimum atomic E-state index is 0.857. The molecule has 2 nitrogen and oxygen atoms in total. The van der Waals surface area contributed by atoms with Crippen LogP contribution in [-0.4, -0.2) is 31.8 Å². The Morgan fingerprint density at radius 2 is 2.18 bits per heavy atom. The van der Waals surface area contributed by atoms with E-state index in [2.05, 4.69) is 16.5 Å². The van der Waals surface area contributed by atoms with Gasteiger partial charge in [-0.05, 0) is 27.1 Å². The Balaban J connectivity index is 4.11. The summed E-state index contributed by atoms with van der Waals surface area (Å²) in [5, 5.41) is 0. The van der Waals surface area contributed by atoms with Crippen LogP contribution in [0.4, 0.5) is 0 Å². The van der Waals surface area contributed by atoms with Crippen molar-refractivity contribution in [3.63, 3.8) is 0 Å². The molecule has 0 amide bonds. The molecule has 0 radical (unpaired) electrons. The normalized spacial score (nSPS) is 12.9. The van der Waals surface area contributed by atoms with Crippen LogP contribution < -0.4 is 0 Å². The van der Waals surface area contributed by atoms with Crippen molar-refractivity contribution in [3.05, 3.63) is 24.4 Å². The third-order valence-corrected chi connectivity index (χ3v) is 1.08. The Hall–Kier alpha value is -0.890. The zero-order valence-corrected chi connectivity index (χ0v) is 7.54.